The number of amides is 1. The largest absolute Gasteiger partial charge is 0.444 e. The maximum absolute atomic E-state index is 11.6. The summed E-state index contributed by atoms with van der Waals surface area (Å²) in [6.45, 7) is 9.43. The number of ether oxygens (including phenoxy) is 1. The van der Waals surface area contributed by atoms with Crippen LogP contribution in [-0.4, -0.2) is 49.7 Å². The van der Waals surface area contributed by atoms with Crippen molar-refractivity contribution in [1.29, 1.82) is 0 Å². The number of nitrogens with one attached hydrogen (secondary N) is 2. The van der Waals surface area contributed by atoms with Crippen molar-refractivity contribution in [3.8, 4) is 0 Å². The summed E-state index contributed by atoms with van der Waals surface area (Å²) in [5.74, 6) is 0.782. The second kappa shape index (κ2) is 9.15. The van der Waals surface area contributed by atoms with Gasteiger partial charge in [-0.1, -0.05) is 24.3 Å². The summed E-state index contributed by atoms with van der Waals surface area (Å²) in [6.07, 6.45) is -0.410. The molecule has 0 saturated heterocycles. The van der Waals surface area contributed by atoms with Gasteiger partial charge in [0.2, 0.25) is 0 Å². The summed E-state index contributed by atoms with van der Waals surface area (Å²) in [4.78, 5) is 17.9. The average molecular weight is 334 g/mol. The summed E-state index contributed by atoms with van der Waals surface area (Å²) < 4.78 is 5.19. The lowest BCUT2D eigenvalue weighted by Gasteiger charge is -2.23. The number of nitrogens with zero attached hydrogens (tertiary/aromatic N) is 2. The predicted molar refractivity (Wildman–Crippen MR) is 98.2 cm³/mol. The van der Waals surface area contributed by atoms with Gasteiger partial charge in [-0.15, -0.1) is 0 Å². The van der Waals surface area contributed by atoms with E-state index in [1.807, 2.05) is 40.0 Å². The molecule has 0 radical (unpaired) electrons. The number of rotatable bonds is 5. The number of carbonyl (C=O) groups is 1. The van der Waals surface area contributed by atoms with Crippen LogP contribution in [0.15, 0.2) is 29.3 Å². The zero-order valence-electron chi connectivity index (χ0n) is 15.6. The molecule has 1 rings (SSSR count). The molecule has 0 saturated carbocycles. The first kappa shape index (κ1) is 19.8. The van der Waals surface area contributed by atoms with Crippen molar-refractivity contribution in [2.75, 3.05) is 27.2 Å². The van der Waals surface area contributed by atoms with Crippen molar-refractivity contribution in [3.63, 3.8) is 0 Å². The molecule has 6 heteroatoms. The van der Waals surface area contributed by atoms with E-state index in [1.165, 1.54) is 11.1 Å². The van der Waals surface area contributed by atoms with Gasteiger partial charge in [0.05, 0.1) is 0 Å². The first-order valence-corrected chi connectivity index (χ1v) is 8.16. The number of hydrogen-bond acceptors (Lipinski definition) is 3. The fraction of sp³-hybridized carbons (Fsp3) is 0.556. The fourth-order valence-electron chi connectivity index (χ4n) is 2.16. The van der Waals surface area contributed by atoms with Crippen LogP contribution >= 0.6 is 0 Å². The Morgan fingerprint density at radius 2 is 1.83 bits per heavy atom. The van der Waals surface area contributed by atoms with E-state index >= 15 is 0 Å². The lowest BCUT2D eigenvalue weighted by molar-refractivity contribution is 0.0529. The topological polar surface area (TPSA) is 66.0 Å². The normalized spacial score (nSPS) is 11.8. The Morgan fingerprint density at radius 1 is 1.21 bits per heavy atom. The summed E-state index contributed by atoms with van der Waals surface area (Å²) in [5, 5.41) is 5.95. The number of alkyl carbamates (subject to hydrolysis) is 1. The van der Waals surface area contributed by atoms with Crippen LogP contribution in [0.5, 0.6) is 0 Å². The number of aliphatic imine (C=N–C) groups is 1. The van der Waals surface area contributed by atoms with Crippen LogP contribution in [0.25, 0.3) is 0 Å². The fourth-order valence-corrected chi connectivity index (χ4v) is 2.16. The monoisotopic (exact) mass is 334 g/mol. The molecule has 0 aliphatic carbocycles. The zero-order chi connectivity index (χ0) is 18.2. The highest BCUT2D eigenvalue weighted by Gasteiger charge is 2.15. The highest BCUT2D eigenvalue weighted by atomic mass is 16.6. The van der Waals surface area contributed by atoms with Crippen molar-refractivity contribution < 1.29 is 9.53 Å². The van der Waals surface area contributed by atoms with E-state index in [4.69, 9.17) is 4.74 Å². The third kappa shape index (κ3) is 7.35. The molecule has 1 aromatic rings. The van der Waals surface area contributed by atoms with E-state index < -0.39 is 11.7 Å². The second-order valence-electron chi connectivity index (χ2n) is 6.69. The molecule has 134 valence electrons. The van der Waals surface area contributed by atoms with Crippen LogP contribution in [0, 0.1) is 6.92 Å². The van der Waals surface area contributed by atoms with Gasteiger partial charge in [0.15, 0.2) is 5.96 Å². The molecule has 0 aromatic heterocycles. The van der Waals surface area contributed by atoms with Crippen molar-refractivity contribution in [2.24, 2.45) is 4.99 Å². The Balaban J connectivity index is 2.40. The molecule has 0 spiro atoms. The van der Waals surface area contributed by atoms with Gasteiger partial charge in [0.1, 0.15) is 5.60 Å². The molecule has 1 aromatic carbocycles. The highest BCUT2D eigenvalue weighted by Crippen LogP contribution is 2.09. The molecule has 1 amide bonds. The third-order valence-corrected chi connectivity index (χ3v) is 3.32. The summed E-state index contributed by atoms with van der Waals surface area (Å²) >= 11 is 0. The first-order valence-electron chi connectivity index (χ1n) is 8.16. The third-order valence-electron chi connectivity index (χ3n) is 3.32. The van der Waals surface area contributed by atoms with Gasteiger partial charge >= 0.3 is 6.09 Å². The van der Waals surface area contributed by atoms with Crippen molar-refractivity contribution in [1.82, 2.24) is 15.5 Å². The molecule has 0 unspecified atom stereocenters. The van der Waals surface area contributed by atoms with Gasteiger partial charge in [0, 0.05) is 33.7 Å². The maximum atomic E-state index is 11.6. The van der Waals surface area contributed by atoms with E-state index in [9.17, 15) is 4.79 Å². The van der Waals surface area contributed by atoms with Crippen molar-refractivity contribution in [2.45, 2.75) is 39.8 Å². The van der Waals surface area contributed by atoms with Crippen molar-refractivity contribution >= 4 is 12.1 Å². The Hall–Kier alpha value is -2.24. The standard InChI is InChI=1S/C18H30N4O2/c1-14-9-7-8-10-15(14)13-22(6)16(19-5)20-11-12-21-17(23)24-18(2,3)4/h7-10H,11-13H2,1-6H3,(H,19,20)(H,21,23). The molecule has 0 aliphatic rings. The summed E-state index contributed by atoms with van der Waals surface area (Å²) in [6, 6.07) is 8.29. The number of hydrogen-bond donors (Lipinski definition) is 2. The van der Waals surface area contributed by atoms with Crippen molar-refractivity contribution in [3.05, 3.63) is 35.4 Å². The molecule has 2 N–H and O–H groups in total. The maximum Gasteiger partial charge on any atom is 0.407 e. The Morgan fingerprint density at radius 3 is 2.42 bits per heavy atom. The molecule has 6 nitrogen and oxygen atoms in total. The van der Waals surface area contributed by atoms with Gasteiger partial charge in [-0.3, -0.25) is 4.99 Å². The Labute approximate surface area is 145 Å². The second-order valence-corrected chi connectivity index (χ2v) is 6.69. The lowest BCUT2D eigenvalue weighted by Crippen LogP contribution is -2.43. The molecular weight excluding hydrogens is 304 g/mol. The molecule has 0 atom stereocenters. The first-order chi connectivity index (χ1) is 11.2. The highest BCUT2D eigenvalue weighted by molar-refractivity contribution is 5.79. The van der Waals surface area contributed by atoms with Crippen LogP contribution < -0.4 is 10.6 Å². The van der Waals surface area contributed by atoms with E-state index in [0.29, 0.717) is 13.1 Å². The van der Waals surface area contributed by atoms with Gasteiger partial charge in [-0.25, -0.2) is 4.79 Å². The number of carbonyl (C=O) groups excluding carboxylic acids is 1. The minimum Gasteiger partial charge on any atom is -0.444 e. The van der Waals surface area contributed by atoms with Crippen LogP contribution in [0.1, 0.15) is 31.9 Å². The molecular formula is C18H30N4O2. The van der Waals surface area contributed by atoms with E-state index in [0.717, 1.165) is 12.5 Å². The van der Waals surface area contributed by atoms with E-state index in [2.05, 4.69) is 39.6 Å². The Kier molecular flexibility index (Phi) is 7.55. The molecule has 24 heavy (non-hydrogen) atoms. The van der Waals surface area contributed by atoms with E-state index in [1.54, 1.807) is 7.05 Å². The molecule has 0 heterocycles. The predicted octanol–water partition coefficient (Wildman–Crippen LogP) is 2.53. The van der Waals surface area contributed by atoms with Gasteiger partial charge in [-0.05, 0) is 38.8 Å². The summed E-state index contributed by atoms with van der Waals surface area (Å²) in [5.41, 5.74) is 2.03. The lowest BCUT2D eigenvalue weighted by atomic mass is 10.1. The van der Waals surface area contributed by atoms with Crippen LogP contribution in [0.2, 0.25) is 0 Å². The van der Waals surface area contributed by atoms with Crippen LogP contribution in [-0.2, 0) is 11.3 Å². The van der Waals surface area contributed by atoms with Crippen LogP contribution in [0.3, 0.4) is 0 Å². The number of aryl methyl sites for hydroxylation is 1. The SMILES string of the molecule is CN=C(NCCNC(=O)OC(C)(C)C)N(C)Cc1ccccc1C. The quantitative estimate of drug-likeness (QED) is 0.493. The molecule has 0 aliphatic heterocycles. The van der Waals surface area contributed by atoms with Gasteiger partial charge < -0.3 is 20.3 Å². The Bertz CT molecular complexity index is 564. The van der Waals surface area contributed by atoms with Gasteiger partial charge in [-0.2, -0.15) is 0 Å². The number of benzene rings is 1. The number of guanidine groups is 1. The molecule has 0 bridgehead atoms. The zero-order valence-corrected chi connectivity index (χ0v) is 15.6. The van der Waals surface area contributed by atoms with Gasteiger partial charge in [0.25, 0.3) is 0 Å². The van der Waals surface area contributed by atoms with Crippen LogP contribution in [0.4, 0.5) is 4.79 Å². The van der Waals surface area contributed by atoms with E-state index in [-0.39, 0.29) is 0 Å². The molecule has 0 fully saturated rings. The smallest absolute Gasteiger partial charge is 0.407 e. The minimum absolute atomic E-state index is 0.410. The minimum atomic E-state index is -0.485. The summed E-state index contributed by atoms with van der Waals surface area (Å²) in [7, 11) is 3.74. The average Bonchev–Trinajstić information content (AvgIpc) is 2.47.